The second-order valence-electron chi connectivity index (χ2n) is 13.2. The van der Waals surface area contributed by atoms with Gasteiger partial charge < -0.3 is 20.6 Å². The highest BCUT2D eigenvalue weighted by Gasteiger charge is 2.62. The molecular formula is C29H49NO5S. The summed E-state index contributed by atoms with van der Waals surface area (Å²) < 4.78 is 0. The summed E-state index contributed by atoms with van der Waals surface area (Å²) >= 11 is 1.59. The molecular weight excluding hydrogens is 474 g/mol. The van der Waals surface area contributed by atoms with E-state index in [4.69, 9.17) is 0 Å². The van der Waals surface area contributed by atoms with Crippen molar-refractivity contribution in [2.24, 2.45) is 46.3 Å². The minimum atomic E-state index is -0.956. The van der Waals surface area contributed by atoms with Crippen LogP contribution in [0.25, 0.3) is 0 Å². The quantitative estimate of drug-likeness (QED) is 0.349. The molecule has 0 radical (unpaired) electrons. The predicted octanol–water partition coefficient (Wildman–Crippen LogP) is 4.72. The molecule has 1 amide bonds. The fourth-order valence-electron chi connectivity index (χ4n) is 9.50. The highest BCUT2D eigenvalue weighted by molar-refractivity contribution is 7.98. The molecule has 4 aliphatic carbocycles. The van der Waals surface area contributed by atoms with E-state index in [0.29, 0.717) is 54.1 Å². The molecule has 6 nitrogen and oxygen atoms in total. The Kier molecular flexibility index (Phi) is 8.73. The molecule has 0 aliphatic heterocycles. The number of aliphatic hydroxyl groups excluding tert-OH is 2. The van der Waals surface area contributed by atoms with Gasteiger partial charge in [-0.3, -0.25) is 4.79 Å². The van der Waals surface area contributed by atoms with Crippen molar-refractivity contribution in [1.82, 2.24) is 5.32 Å². The topological polar surface area (TPSA) is 107 Å². The maximum Gasteiger partial charge on any atom is 0.326 e. The molecule has 11 unspecified atom stereocenters. The van der Waals surface area contributed by atoms with Crippen molar-refractivity contribution in [2.75, 3.05) is 12.0 Å². The van der Waals surface area contributed by atoms with Crippen molar-refractivity contribution in [1.29, 1.82) is 0 Å². The summed E-state index contributed by atoms with van der Waals surface area (Å²) in [5.74, 6) is 2.40. The van der Waals surface area contributed by atoms with Crippen LogP contribution >= 0.6 is 11.8 Å². The van der Waals surface area contributed by atoms with E-state index >= 15 is 0 Å². The summed E-state index contributed by atoms with van der Waals surface area (Å²) in [7, 11) is 0. The third-order valence-corrected chi connectivity index (χ3v) is 12.1. The Balaban J connectivity index is 1.39. The zero-order chi connectivity index (χ0) is 26.3. The van der Waals surface area contributed by atoms with E-state index in [9.17, 15) is 24.9 Å². The fraction of sp³-hybridized carbons (Fsp3) is 0.931. The summed E-state index contributed by atoms with van der Waals surface area (Å²) in [6, 6.07) is -0.803. The Morgan fingerprint density at radius 3 is 2.39 bits per heavy atom. The van der Waals surface area contributed by atoms with Crippen LogP contribution in [0.1, 0.15) is 91.4 Å². The van der Waals surface area contributed by atoms with Crippen molar-refractivity contribution in [3.63, 3.8) is 0 Å². The van der Waals surface area contributed by atoms with Crippen LogP contribution in [0.2, 0.25) is 0 Å². The Labute approximate surface area is 221 Å². The number of aliphatic hydroxyl groups is 2. The number of carbonyl (C=O) groups excluding carboxylic acids is 1. The zero-order valence-electron chi connectivity index (χ0n) is 22.7. The van der Waals surface area contributed by atoms with Gasteiger partial charge in [-0.2, -0.15) is 11.8 Å². The second kappa shape index (κ2) is 11.1. The monoisotopic (exact) mass is 523 g/mol. The van der Waals surface area contributed by atoms with Gasteiger partial charge in [-0.25, -0.2) is 4.79 Å². The molecule has 4 aliphatic rings. The fourth-order valence-corrected chi connectivity index (χ4v) is 9.97. The molecule has 4 fully saturated rings. The molecule has 4 saturated carbocycles. The van der Waals surface area contributed by atoms with Crippen LogP contribution < -0.4 is 5.32 Å². The average molecular weight is 524 g/mol. The molecule has 4 N–H and O–H groups in total. The Morgan fingerprint density at radius 2 is 1.69 bits per heavy atom. The molecule has 0 aromatic heterocycles. The Morgan fingerprint density at radius 1 is 1.00 bits per heavy atom. The predicted molar refractivity (Wildman–Crippen MR) is 144 cm³/mol. The Hall–Kier alpha value is -0.790. The minimum absolute atomic E-state index is 0.153. The number of carboxylic acid groups (broad SMARTS) is 1. The van der Waals surface area contributed by atoms with E-state index < -0.39 is 12.0 Å². The van der Waals surface area contributed by atoms with Crippen LogP contribution in [0, 0.1) is 46.3 Å². The molecule has 4 rings (SSSR count). The lowest BCUT2D eigenvalue weighted by molar-refractivity contribution is -0.174. The number of thioether (sulfide) groups is 1. The molecule has 0 aromatic rings. The van der Waals surface area contributed by atoms with Crippen molar-refractivity contribution >= 4 is 23.6 Å². The van der Waals surface area contributed by atoms with Gasteiger partial charge in [-0.15, -0.1) is 0 Å². The molecule has 0 heterocycles. The molecule has 0 bridgehead atoms. The molecule has 11 atom stereocenters. The van der Waals surface area contributed by atoms with Crippen LogP contribution in [-0.4, -0.2) is 57.5 Å². The minimum Gasteiger partial charge on any atom is -0.480 e. The van der Waals surface area contributed by atoms with Gasteiger partial charge in [-0.1, -0.05) is 20.8 Å². The van der Waals surface area contributed by atoms with Gasteiger partial charge >= 0.3 is 5.97 Å². The Bertz CT molecular complexity index is 809. The third-order valence-electron chi connectivity index (χ3n) is 11.5. The van der Waals surface area contributed by atoms with E-state index in [1.807, 2.05) is 6.26 Å². The average Bonchev–Trinajstić information content (AvgIpc) is 3.18. The first kappa shape index (κ1) is 28.2. The van der Waals surface area contributed by atoms with E-state index in [-0.39, 0.29) is 28.9 Å². The third kappa shape index (κ3) is 5.22. The number of hydrogen-bond acceptors (Lipinski definition) is 5. The zero-order valence-corrected chi connectivity index (χ0v) is 23.6. The largest absolute Gasteiger partial charge is 0.480 e. The molecule has 36 heavy (non-hydrogen) atoms. The van der Waals surface area contributed by atoms with Gasteiger partial charge in [0.15, 0.2) is 0 Å². The molecule has 206 valence electrons. The van der Waals surface area contributed by atoms with Crippen molar-refractivity contribution in [2.45, 2.75) is 110 Å². The summed E-state index contributed by atoms with van der Waals surface area (Å²) in [6.07, 6.45) is 11.4. The molecule has 7 heteroatoms. The lowest BCUT2D eigenvalue weighted by atomic mass is 9.43. The summed E-state index contributed by atoms with van der Waals surface area (Å²) in [6.45, 7) is 7.18. The standard InChI is InChI=1S/C29H49NO5S/c1-17(5-8-25(33)30-23(27(34)35)11-14-36-4)20-6-7-21-26-22(10-13-29(20,21)3)28(2)12-9-19(31)15-18(28)16-24(26)32/h17-24,26,31-32H,5-16H2,1-4H3,(H,30,33)(H,34,35). The SMILES string of the molecule is CSCCC(NC(=O)CCC(C)C1CCC2C3C(O)CC4CC(O)CCC4(C)C3CCC12C)C(=O)O. The van der Waals surface area contributed by atoms with Crippen LogP contribution in [0.5, 0.6) is 0 Å². The van der Waals surface area contributed by atoms with Crippen molar-refractivity contribution in [3.8, 4) is 0 Å². The molecule has 0 spiro atoms. The first-order valence-corrected chi connectivity index (χ1v) is 15.8. The number of amides is 1. The first-order valence-electron chi connectivity index (χ1n) is 14.4. The highest BCUT2D eigenvalue weighted by atomic mass is 32.2. The lowest BCUT2D eigenvalue weighted by Crippen LogP contribution is -2.58. The maximum atomic E-state index is 12.6. The van der Waals surface area contributed by atoms with Gasteiger partial charge in [0.25, 0.3) is 0 Å². The van der Waals surface area contributed by atoms with Gasteiger partial charge in [0.05, 0.1) is 12.2 Å². The lowest BCUT2D eigenvalue weighted by Gasteiger charge is -2.62. The maximum absolute atomic E-state index is 12.6. The number of nitrogens with one attached hydrogen (secondary N) is 1. The number of fused-ring (bicyclic) bond motifs is 5. The van der Waals surface area contributed by atoms with Crippen LogP contribution in [0.4, 0.5) is 0 Å². The van der Waals surface area contributed by atoms with Crippen LogP contribution in [0.15, 0.2) is 0 Å². The summed E-state index contributed by atoms with van der Waals surface area (Å²) in [4.78, 5) is 24.1. The number of carboxylic acids is 1. The highest BCUT2D eigenvalue weighted by Crippen LogP contribution is 2.68. The van der Waals surface area contributed by atoms with Crippen LogP contribution in [-0.2, 0) is 9.59 Å². The first-order chi connectivity index (χ1) is 17.0. The van der Waals surface area contributed by atoms with Crippen molar-refractivity contribution < 1.29 is 24.9 Å². The van der Waals surface area contributed by atoms with Gasteiger partial charge in [0, 0.05) is 6.42 Å². The summed E-state index contributed by atoms with van der Waals surface area (Å²) in [5, 5.41) is 33.9. The number of carbonyl (C=O) groups is 2. The van der Waals surface area contributed by atoms with Gasteiger partial charge in [-0.05, 0) is 123 Å². The second-order valence-corrected chi connectivity index (χ2v) is 14.2. The van der Waals surface area contributed by atoms with E-state index in [1.54, 1.807) is 11.8 Å². The van der Waals surface area contributed by atoms with E-state index in [1.165, 1.54) is 6.42 Å². The number of aliphatic carboxylic acids is 1. The smallest absolute Gasteiger partial charge is 0.326 e. The van der Waals surface area contributed by atoms with E-state index in [2.05, 4.69) is 26.1 Å². The molecule has 0 saturated heterocycles. The van der Waals surface area contributed by atoms with Gasteiger partial charge in [0.1, 0.15) is 6.04 Å². The van der Waals surface area contributed by atoms with Crippen molar-refractivity contribution in [3.05, 3.63) is 0 Å². The van der Waals surface area contributed by atoms with Gasteiger partial charge in [0.2, 0.25) is 5.91 Å². The number of rotatable bonds is 9. The molecule has 0 aromatic carbocycles. The number of hydrogen-bond donors (Lipinski definition) is 4. The normalized spacial score (nSPS) is 43.6. The van der Waals surface area contributed by atoms with Crippen LogP contribution in [0.3, 0.4) is 0 Å². The van der Waals surface area contributed by atoms with E-state index in [0.717, 1.165) is 51.4 Å². The summed E-state index contributed by atoms with van der Waals surface area (Å²) in [5.41, 5.74) is 0.431.